The molecule has 1 heterocycles. The molecule has 11 heteroatoms. The molecule has 1 fully saturated rings. The summed E-state index contributed by atoms with van der Waals surface area (Å²) in [5, 5.41) is 50.6. The number of aryl methyl sites for hydroxylation is 1. The third-order valence-corrected chi connectivity index (χ3v) is 13.1. The van der Waals surface area contributed by atoms with Crippen LogP contribution in [-0.2, 0) is 28.3 Å². The third kappa shape index (κ3) is 10.9. The highest BCUT2D eigenvalue weighted by Gasteiger charge is 2.27. The van der Waals surface area contributed by atoms with E-state index < -0.39 is 12.3 Å². The van der Waals surface area contributed by atoms with Crippen molar-refractivity contribution in [3.8, 4) is 28.4 Å². The number of phenolic OH excluding ortho intramolecular Hbond substituents is 2. The van der Waals surface area contributed by atoms with Gasteiger partial charge in [0.1, 0.15) is 17.8 Å². The van der Waals surface area contributed by atoms with Crippen LogP contribution >= 0.6 is 21.6 Å². The molecule has 9 nitrogen and oxygen atoms in total. The van der Waals surface area contributed by atoms with Gasteiger partial charge in [-0.05, 0) is 102 Å². The van der Waals surface area contributed by atoms with Gasteiger partial charge in [-0.2, -0.15) is 0 Å². The molecule has 6 N–H and O–H groups in total. The van der Waals surface area contributed by atoms with Gasteiger partial charge in [0.15, 0.2) is 11.5 Å². The Bertz CT molecular complexity index is 1900. The number of ether oxygens (including phenoxy) is 2. The predicted octanol–water partition coefficient (Wildman–Crippen LogP) is 9.18. The quantitative estimate of drug-likeness (QED) is 0.0677. The van der Waals surface area contributed by atoms with E-state index in [9.17, 15) is 25.2 Å². The predicted molar refractivity (Wildman–Crippen MR) is 225 cm³/mol. The number of aromatic hydroxyl groups is 2. The summed E-state index contributed by atoms with van der Waals surface area (Å²) in [5.74, 6) is 2.32. The fraction of sp³-hybridized carbons (Fsp3) is 0.477. The standard InChI is InChI=1S/C44H56N2O7S2/c1-28(48)25-45-40-19-14-31(22-32(40)26-47)44(46-33-8-4-3-5-9-33)53-36-10-6-7-21-54-55-27-39-37(18-13-29-11-16-35(50)24-38(29)39)42-30(12-17-34(49)23-36)15-20-41(51)43(42)52-2/h11,13-16,18-20,22,24,28,33,36,44-48,50-51H,3-10,12,17,21,23,25-27H2,1-2H3/t28-,36-,44?/m0/s1. The molecule has 1 aliphatic carbocycles. The number of carbonyl (C=O) groups is 1. The molecule has 0 aromatic heterocycles. The number of hydrogen-bond donors (Lipinski definition) is 6. The largest absolute Gasteiger partial charge is 0.508 e. The molecule has 0 bridgehead atoms. The molecular weight excluding hydrogens is 733 g/mol. The van der Waals surface area contributed by atoms with Crippen molar-refractivity contribution in [2.75, 3.05) is 24.7 Å². The van der Waals surface area contributed by atoms with Crippen LogP contribution < -0.4 is 15.4 Å². The highest BCUT2D eigenvalue weighted by molar-refractivity contribution is 8.76. The maximum absolute atomic E-state index is 14.0. The molecule has 1 aliphatic heterocycles. The molecule has 0 saturated heterocycles. The number of aliphatic hydroxyl groups is 2. The van der Waals surface area contributed by atoms with Gasteiger partial charge >= 0.3 is 0 Å². The maximum Gasteiger partial charge on any atom is 0.168 e. The van der Waals surface area contributed by atoms with E-state index in [1.165, 1.54) is 19.3 Å². The van der Waals surface area contributed by atoms with Crippen LogP contribution in [0.4, 0.5) is 5.69 Å². The van der Waals surface area contributed by atoms with E-state index in [1.807, 2.05) is 47.2 Å². The Morgan fingerprint density at radius 1 is 0.909 bits per heavy atom. The molecule has 1 unspecified atom stereocenters. The summed E-state index contributed by atoms with van der Waals surface area (Å²) < 4.78 is 12.8. The second kappa shape index (κ2) is 20.1. The molecule has 3 atom stereocenters. The molecule has 296 valence electrons. The monoisotopic (exact) mass is 788 g/mol. The number of phenols is 2. The lowest BCUT2D eigenvalue weighted by Gasteiger charge is -2.32. The Hall–Kier alpha value is -3.45. The minimum absolute atomic E-state index is 0.0343. The van der Waals surface area contributed by atoms with E-state index in [0.29, 0.717) is 36.9 Å². The highest BCUT2D eigenvalue weighted by Crippen LogP contribution is 2.46. The zero-order valence-corrected chi connectivity index (χ0v) is 33.7. The topological polar surface area (TPSA) is 141 Å². The maximum atomic E-state index is 14.0. The normalized spacial score (nSPS) is 19.0. The Balaban J connectivity index is 1.29. The van der Waals surface area contributed by atoms with Crippen molar-refractivity contribution in [3.05, 3.63) is 82.9 Å². The molecule has 4 aromatic rings. The fourth-order valence-electron chi connectivity index (χ4n) is 7.85. The number of aliphatic hydroxyl groups excluding tert-OH is 2. The molecule has 55 heavy (non-hydrogen) atoms. The van der Waals surface area contributed by atoms with Crippen molar-refractivity contribution in [2.45, 2.75) is 114 Å². The van der Waals surface area contributed by atoms with Crippen molar-refractivity contribution in [2.24, 2.45) is 0 Å². The number of carbonyl (C=O) groups excluding carboxylic acids is 1. The van der Waals surface area contributed by atoms with Crippen LogP contribution in [0, 0.1) is 0 Å². The summed E-state index contributed by atoms with van der Waals surface area (Å²) in [6.07, 6.45) is 8.07. The van der Waals surface area contributed by atoms with Crippen LogP contribution in [0.15, 0.2) is 60.7 Å². The van der Waals surface area contributed by atoms with Crippen molar-refractivity contribution in [1.82, 2.24) is 5.32 Å². The number of fused-ring (bicyclic) bond motifs is 5. The van der Waals surface area contributed by atoms with Crippen LogP contribution in [0.5, 0.6) is 17.2 Å². The number of anilines is 1. The average molecular weight is 789 g/mol. The second-order valence-corrected chi connectivity index (χ2v) is 17.5. The van der Waals surface area contributed by atoms with E-state index in [-0.39, 0.29) is 36.4 Å². The second-order valence-electron chi connectivity index (χ2n) is 14.9. The molecule has 6 rings (SSSR count). The molecule has 0 amide bonds. The number of ketones is 1. The average Bonchev–Trinajstić information content (AvgIpc) is 3.18. The Morgan fingerprint density at radius 2 is 1.71 bits per heavy atom. The Morgan fingerprint density at radius 3 is 2.49 bits per heavy atom. The van der Waals surface area contributed by atoms with E-state index in [4.69, 9.17) is 9.47 Å². The van der Waals surface area contributed by atoms with Gasteiger partial charge in [0.25, 0.3) is 0 Å². The van der Waals surface area contributed by atoms with E-state index in [2.05, 4.69) is 16.7 Å². The van der Waals surface area contributed by atoms with E-state index >= 15 is 0 Å². The van der Waals surface area contributed by atoms with Crippen molar-refractivity contribution in [3.63, 3.8) is 0 Å². The van der Waals surface area contributed by atoms with Gasteiger partial charge in [-0.3, -0.25) is 10.1 Å². The first-order valence-electron chi connectivity index (χ1n) is 19.7. The summed E-state index contributed by atoms with van der Waals surface area (Å²) in [6, 6.07) is 19.3. The van der Waals surface area contributed by atoms with Gasteiger partial charge in [-0.15, -0.1) is 0 Å². The lowest BCUT2D eigenvalue weighted by molar-refractivity contribution is -0.124. The van der Waals surface area contributed by atoms with Gasteiger partial charge in [0, 0.05) is 53.7 Å². The first kappa shape index (κ1) is 41.2. The number of methoxy groups -OCH3 is 1. The molecule has 1 saturated carbocycles. The van der Waals surface area contributed by atoms with Crippen LogP contribution in [0.3, 0.4) is 0 Å². The van der Waals surface area contributed by atoms with Gasteiger partial charge < -0.3 is 35.2 Å². The lowest BCUT2D eigenvalue weighted by Crippen LogP contribution is -2.38. The van der Waals surface area contributed by atoms with Gasteiger partial charge in [-0.1, -0.05) is 77.6 Å². The number of Topliss-reactive ketones (excluding diaryl/α,β-unsaturated/α-hetero) is 1. The SMILES string of the molecule is COc1c(O)ccc2c1-c1ccc3ccc(O)cc3c1CSSCCCC[C@H](OC(NC1CCCCC1)c1ccc(NC[C@H](C)O)c(CO)c1)CC(=O)CC2. The van der Waals surface area contributed by atoms with Crippen molar-refractivity contribution >= 4 is 43.8 Å². The van der Waals surface area contributed by atoms with Gasteiger partial charge in [-0.25, -0.2) is 0 Å². The summed E-state index contributed by atoms with van der Waals surface area (Å²) in [6.45, 7) is 1.94. The fourth-order valence-corrected chi connectivity index (χ4v) is 10.1. The summed E-state index contributed by atoms with van der Waals surface area (Å²) in [5.41, 5.74) is 6.05. The smallest absolute Gasteiger partial charge is 0.168 e. The van der Waals surface area contributed by atoms with E-state index in [1.54, 1.807) is 43.0 Å². The Kier molecular flexibility index (Phi) is 15.1. The van der Waals surface area contributed by atoms with Crippen molar-refractivity contribution in [1.29, 1.82) is 0 Å². The van der Waals surface area contributed by atoms with Gasteiger partial charge in [0.2, 0.25) is 0 Å². The van der Waals surface area contributed by atoms with Crippen LogP contribution in [0.25, 0.3) is 21.9 Å². The molecule has 4 aromatic carbocycles. The first-order valence-corrected chi connectivity index (χ1v) is 22.2. The lowest BCUT2D eigenvalue weighted by atomic mass is 9.89. The van der Waals surface area contributed by atoms with Crippen LogP contribution in [-0.4, -0.2) is 63.9 Å². The summed E-state index contributed by atoms with van der Waals surface area (Å²) >= 11 is 0. The zero-order chi connectivity index (χ0) is 38.7. The van der Waals surface area contributed by atoms with Gasteiger partial charge in [0.05, 0.1) is 25.9 Å². The first-order chi connectivity index (χ1) is 26.7. The number of benzene rings is 4. The summed E-state index contributed by atoms with van der Waals surface area (Å²) in [4.78, 5) is 14.0. The van der Waals surface area contributed by atoms with Crippen molar-refractivity contribution < 1.29 is 34.7 Å². The summed E-state index contributed by atoms with van der Waals surface area (Å²) in [7, 11) is 5.15. The number of rotatable bonds is 10. The highest BCUT2D eigenvalue weighted by atomic mass is 33.1. The molecule has 0 radical (unpaired) electrons. The third-order valence-electron chi connectivity index (χ3n) is 10.7. The number of hydrogen-bond acceptors (Lipinski definition) is 11. The minimum Gasteiger partial charge on any atom is -0.508 e. The molecular formula is C44H56N2O7S2. The molecule has 2 aliphatic rings. The number of nitrogens with one attached hydrogen (secondary N) is 2. The van der Waals surface area contributed by atoms with Crippen LogP contribution in [0.2, 0.25) is 0 Å². The Labute approximate surface area is 333 Å². The van der Waals surface area contributed by atoms with E-state index in [0.717, 1.165) is 87.7 Å². The van der Waals surface area contributed by atoms with Crippen LogP contribution in [0.1, 0.15) is 99.6 Å². The minimum atomic E-state index is -0.525. The zero-order valence-electron chi connectivity index (χ0n) is 32.0. The molecule has 0 spiro atoms.